The first-order valence-electron chi connectivity index (χ1n) is 5.39. The van der Waals surface area contributed by atoms with Crippen molar-refractivity contribution in [3.8, 4) is 5.75 Å². The first kappa shape index (κ1) is 17.3. The van der Waals surface area contributed by atoms with Crippen molar-refractivity contribution in [1.29, 1.82) is 0 Å². The Kier molecular flexibility index (Phi) is 4.77. The Balaban J connectivity index is 3.32. The van der Waals surface area contributed by atoms with Gasteiger partial charge in [0.15, 0.2) is 0 Å². The Morgan fingerprint density at radius 3 is 2.20 bits per heavy atom. The average Bonchev–Trinajstić information content (AvgIpc) is 2.14. The lowest BCUT2D eigenvalue weighted by atomic mass is 10.1. The van der Waals surface area contributed by atoms with Crippen molar-refractivity contribution in [3.63, 3.8) is 0 Å². The topological polar surface area (TPSA) is 55.4 Å². The van der Waals surface area contributed by atoms with Gasteiger partial charge in [-0.2, -0.15) is 0 Å². The van der Waals surface area contributed by atoms with Gasteiger partial charge in [0.1, 0.15) is 10.6 Å². The summed E-state index contributed by atoms with van der Waals surface area (Å²) in [6, 6.07) is 3.25. The second kappa shape index (κ2) is 5.53. The van der Waals surface area contributed by atoms with Crippen LogP contribution in [0.1, 0.15) is 20.8 Å². The third-order valence-corrected chi connectivity index (χ3v) is 4.13. The summed E-state index contributed by atoms with van der Waals surface area (Å²) in [4.78, 5) is -0.584. The minimum Gasteiger partial charge on any atom is -0.404 e. The Labute approximate surface area is 123 Å². The van der Waals surface area contributed by atoms with E-state index in [2.05, 4.69) is 25.4 Å². The quantitative estimate of drug-likeness (QED) is 0.880. The molecular weight excluding hydrogens is 363 g/mol. The molecule has 0 fully saturated rings. The van der Waals surface area contributed by atoms with Gasteiger partial charge in [-0.25, -0.2) is 13.1 Å². The molecule has 0 amide bonds. The molecule has 0 spiro atoms. The van der Waals surface area contributed by atoms with Crippen molar-refractivity contribution in [2.45, 2.75) is 37.6 Å². The van der Waals surface area contributed by atoms with Gasteiger partial charge in [-0.3, -0.25) is 0 Å². The molecule has 0 saturated carbocycles. The first-order chi connectivity index (χ1) is 8.80. The van der Waals surface area contributed by atoms with Crippen LogP contribution in [0.2, 0.25) is 0 Å². The molecule has 1 aromatic carbocycles. The van der Waals surface area contributed by atoms with E-state index in [4.69, 9.17) is 0 Å². The Hall–Kier alpha value is -0.800. The van der Waals surface area contributed by atoms with Gasteiger partial charge in [-0.1, -0.05) is 15.9 Å². The van der Waals surface area contributed by atoms with Crippen LogP contribution >= 0.6 is 15.9 Å². The minimum atomic E-state index is -4.97. The average molecular weight is 376 g/mol. The lowest BCUT2D eigenvalue weighted by Gasteiger charge is -2.22. The number of hydrogen-bond acceptors (Lipinski definition) is 3. The molecule has 0 aromatic heterocycles. The Morgan fingerprint density at radius 2 is 1.75 bits per heavy atom. The van der Waals surface area contributed by atoms with Crippen molar-refractivity contribution in [2.24, 2.45) is 0 Å². The number of nitrogens with one attached hydrogen (secondary N) is 1. The largest absolute Gasteiger partial charge is 0.573 e. The summed E-state index contributed by atoms with van der Waals surface area (Å²) in [7, 11) is -4.15. The maximum Gasteiger partial charge on any atom is 0.573 e. The van der Waals surface area contributed by atoms with Gasteiger partial charge in [-0.05, 0) is 39.0 Å². The van der Waals surface area contributed by atoms with Crippen LogP contribution in [-0.2, 0) is 10.0 Å². The summed E-state index contributed by atoms with van der Waals surface area (Å²) in [5.74, 6) is -0.780. The van der Waals surface area contributed by atoms with E-state index in [0.29, 0.717) is 4.47 Å². The molecule has 9 heteroatoms. The van der Waals surface area contributed by atoms with Crippen LogP contribution in [0, 0.1) is 0 Å². The van der Waals surface area contributed by atoms with Crippen molar-refractivity contribution in [1.82, 2.24) is 4.72 Å². The number of halogens is 4. The van der Waals surface area contributed by atoms with Crippen molar-refractivity contribution >= 4 is 26.0 Å². The lowest BCUT2D eigenvalue weighted by Crippen LogP contribution is -2.40. The van der Waals surface area contributed by atoms with E-state index < -0.39 is 32.6 Å². The fourth-order valence-corrected chi connectivity index (χ4v) is 3.44. The number of hydrogen-bond donors (Lipinski definition) is 1. The normalized spacial score (nSPS) is 13.3. The maximum absolute atomic E-state index is 12.3. The molecule has 1 N–H and O–H groups in total. The van der Waals surface area contributed by atoms with Crippen LogP contribution in [0.5, 0.6) is 5.75 Å². The fourth-order valence-electron chi connectivity index (χ4n) is 1.36. The standard InChI is InChI=1S/C11H13BrF3NO3S/c1-10(2,3)16-20(17,18)9-6-7(12)4-5-8(9)19-11(13,14)15/h4-6,16H,1-3H3. The summed E-state index contributed by atoms with van der Waals surface area (Å²) in [5.41, 5.74) is -0.837. The summed E-state index contributed by atoms with van der Waals surface area (Å²) in [6.45, 7) is 4.73. The smallest absolute Gasteiger partial charge is 0.404 e. The van der Waals surface area contributed by atoms with Crippen molar-refractivity contribution in [2.75, 3.05) is 0 Å². The summed E-state index contributed by atoms with van der Waals surface area (Å²) in [5, 5.41) is 0. The van der Waals surface area contributed by atoms with Gasteiger partial charge < -0.3 is 4.74 Å². The number of rotatable bonds is 3. The lowest BCUT2D eigenvalue weighted by molar-refractivity contribution is -0.275. The molecule has 4 nitrogen and oxygen atoms in total. The molecular formula is C11H13BrF3NO3S. The molecule has 0 atom stereocenters. The fraction of sp³-hybridized carbons (Fsp3) is 0.455. The second-order valence-corrected chi connectivity index (χ2v) is 7.56. The van der Waals surface area contributed by atoms with Gasteiger partial charge in [0, 0.05) is 10.0 Å². The zero-order valence-corrected chi connectivity index (χ0v) is 13.3. The zero-order valence-electron chi connectivity index (χ0n) is 10.9. The molecule has 0 bridgehead atoms. The molecule has 1 rings (SSSR count). The highest BCUT2D eigenvalue weighted by molar-refractivity contribution is 9.10. The van der Waals surface area contributed by atoms with E-state index in [1.165, 1.54) is 6.07 Å². The molecule has 0 aliphatic carbocycles. The van der Waals surface area contributed by atoms with Crippen LogP contribution in [0.25, 0.3) is 0 Å². The monoisotopic (exact) mass is 375 g/mol. The highest BCUT2D eigenvalue weighted by atomic mass is 79.9. The van der Waals surface area contributed by atoms with Crippen LogP contribution in [0.4, 0.5) is 13.2 Å². The van der Waals surface area contributed by atoms with Crippen molar-refractivity contribution in [3.05, 3.63) is 22.7 Å². The number of sulfonamides is 1. The number of benzene rings is 1. The highest BCUT2D eigenvalue weighted by Gasteiger charge is 2.35. The van der Waals surface area contributed by atoms with Gasteiger partial charge in [-0.15, -0.1) is 13.2 Å². The SMILES string of the molecule is CC(C)(C)NS(=O)(=O)c1cc(Br)ccc1OC(F)(F)F. The highest BCUT2D eigenvalue weighted by Crippen LogP contribution is 2.32. The third kappa shape index (κ3) is 5.29. The number of ether oxygens (including phenoxy) is 1. The van der Waals surface area contributed by atoms with Crippen molar-refractivity contribution < 1.29 is 26.3 Å². The maximum atomic E-state index is 12.3. The molecule has 1 aromatic rings. The predicted octanol–water partition coefficient (Wildman–Crippen LogP) is 3.42. The molecule has 114 valence electrons. The summed E-state index contributed by atoms with van der Waals surface area (Å²) >= 11 is 3.02. The van der Waals surface area contributed by atoms with Gasteiger partial charge in [0.25, 0.3) is 0 Å². The van der Waals surface area contributed by atoms with E-state index in [-0.39, 0.29) is 0 Å². The summed E-state index contributed by atoms with van der Waals surface area (Å²) < 4.78 is 67.5. The number of alkyl halides is 3. The third-order valence-electron chi connectivity index (χ3n) is 1.86. The molecule has 20 heavy (non-hydrogen) atoms. The van der Waals surface area contributed by atoms with E-state index in [0.717, 1.165) is 12.1 Å². The zero-order chi connectivity index (χ0) is 15.8. The second-order valence-electron chi connectivity index (χ2n) is 4.99. The van der Waals surface area contributed by atoms with Crippen LogP contribution in [0.3, 0.4) is 0 Å². The van der Waals surface area contributed by atoms with Crippen LogP contribution in [0.15, 0.2) is 27.6 Å². The Bertz CT molecular complexity index is 594. The predicted molar refractivity (Wildman–Crippen MR) is 70.9 cm³/mol. The molecule has 0 unspecified atom stereocenters. The molecule has 0 aliphatic rings. The molecule has 0 heterocycles. The van der Waals surface area contributed by atoms with E-state index in [1.54, 1.807) is 20.8 Å². The van der Waals surface area contributed by atoms with Crippen LogP contribution in [-0.4, -0.2) is 20.3 Å². The molecule has 0 saturated heterocycles. The van der Waals surface area contributed by atoms with Gasteiger partial charge >= 0.3 is 6.36 Å². The van der Waals surface area contributed by atoms with Gasteiger partial charge in [0.2, 0.25) is 10.0 Å². The van der Waals surface area contributed by atoms with E-state index in [1.807, 2.05) is 0 Å². The molecule has 0 aliphatic heterocycles. The minimum absolute atomic E-state index is 0.321. The van der Waals surface area contributed by atoms with E-state index >= 15 is 0 Å². The van der Waals surface area contributed by atoms with Gasteiger partial charge in [0.05, 0.1) is 0 Å². The summed E-state index contributed by atoms with van der Waals surface area (Å²) in [6.07, 6.45) is -4.97. The van der Waals surface area contributed by atoms with Crippen LogP contribution < -0.4 is 9.46 Å². The first-order valence-corrected chi connectivity index (χ1v) is 7.67. The Morgan fingerprint density at radius 1 is 1.20 bits per heavy atom. The molecule has 0 radical (unpaired) electrons. The van der Waals surface area contributed by atoms with E-state index in [9.17, 15) is 21.6 Å².